The Kier molecular flexibility index (Phi) is 6.71. The van der Waals surface area contributed by atoms with Crippen molar-refractivity contribution in [2.45, 2.75) is 16.7 Å². The summed E-state index contributed by atoms with van der Waals surface area (Å²) in [6, 6.07) is 12.6. The van der Waals surface area contributed by atoms with Crippen molar-refractivity contribution in [1.82, 2.24) is 9.21 Å². The van der Waals surface area contributed by atoms with E-state index in [1.54, 1.807) is 12.1 Å². The van der Waals surface area contributed by atoms with Crippen LogP contribution in [0.2, 0.25) is 0 Å². The number of anilines is 2. The van der Waals surface area contributed by atoms with E-state index >= 15 is 0 Å². The average molecular weight is 453 g/mol. The highest BCUT2D eigenvalue weighted by atomic mass is 32.2. The first-order chi connectivity index (χ1) is 14.1. The molecular weight excluding hydrogens is 424 g/mol. The molecule has 3 rings (SSSR count). The Morgan fingerprint density at radius 2 is 1.43 bits per heavy atom. The number of piperazine rings is 1. The predicted octanol–water partition coefficient (Wildman–Crippen LogP) is 1.88. The van der Waals surface area contributed by atoms with Gasteiger partial charge in [0.2, 0.25) is 10.0 Å². The summed E-state index contributed by atoms with van der Waals surface area (Å²) in [4.78, 5) is 4.58. The van der Waals surface area contributed by atoms with Crippen LogP contribution in [0.4, 0.5) is 11.4 Å². The van der Waals surface area contributed by atoms with Crippen molar-refractivity contribution in [2.24, 2.45) is 0 Å². The van der Waals surface area contributed by atoms with Gasteiger partial charge in [-0.15, -0.1) is 0 Å². The molecule has 1 aliphatic rings. The fourth-order valence-corrected chi connectivity index (χ4v) is 5.32. The molecule has 0 aromatic heterocycles. The zero-order valence-corrected chi connectivity index (χ0v) is 19.1. The molecule has 1 heterocycles. The van der Waals surface area contributed by atoms with Crippen molar-refractivity contribution >= 4 is 31.4 Å². The van der Waals surface area contributed by atoms with Gasteiger partial charge in [-0.2, -0.15) is 0 Å². The molecule has 30 heavy (non-hydrogen) atoms. The topological polar surface area (TPSA) is 90.0 Å². The predicted molar refractivity (Wildman–Crippen MR) is 119 cm³/mol. The zero-order chi connectivity index (χ0) is 21.9. The van der Waals surface area contributed by atoms with Gasteiger partial charge in [0.15, 0.2) is 0 Å². The molecule has 0 atom stereocenters. The second kappa shape index (κ2) is 8.93. The molecule has 0 radical (unpaired) electrons. The second-order valence-electron chi connectivity index (χ2n) is 7.30. The first-order valence-corrected chi connectivity index (χ1v) is 12.7. The maximum atomic E-state index is 12.9. The van der Waals surface area contributed by atoms with Gasteiger partial charge < -0.3 is 9.80 Å². The number of rotatable bonds is 7. The lowest BCUT2D eigenvalue weighted by Gasteiger charge is -2.36. The first kappa shape index (κ1) is 22.5. The van der Waals surface area contributed by atoms with E-state index in [1.807, 2.05) is 12.1 Å². The lowest BCUT2D eigenvalue weighted by atomic mass is 10.2. The molecule has 164 valence electrons. The summed E-state index contributed by atoms with van der Waals surface area (Å²) in [6.07, 6.45) is 0. The van der Waals surface area contributed by atoms with Crippen LogP contribution in [0.1, 0.15) is 6.92 Å². The minimum atomic E-state index is -3.87. The fraction of sp³-hybridized carbons (Fsp3) is 0.400. The SMILES string of the molecule is CCN1CCN(c2ccccc2NS(=O)(=O)c2ccc(S(=O)(=O)N(C)C)cc2)CC1. The average Bonchev–Trinajstić information content (AvgIpc) is 2.74. The highest BCUT2D eigenvalue weighted by molar-refractivity contribution is 7.92. The fourth-order valence-electron chi connectivity index (χ4n) is 3.35. The summed E-state index contributed by atoms with van der Waals surface area (Å²) in [7, 11) is -4.63. The van der Waals surface area contributed by atoms with E-state index in [-0.39, 0.29) is 9.79 Å². The maximum Gasteiger partial charge on any atom is 0.261 e. The summed E-state index contributed by atoms with van der Waals surface area (Å²) in [5, 5.41) is 0. The number of nitrogens with zero attached hydrogens (tertiary/aromatic N) is 3. The summed E-state index contributed by atoms with van der Waals surface area (Å²) >= 11 is 0. The van der Waals surface area contributed by atoms with Gasteiger partial charge in [-0.05, 0) is 42.9 Å². The third-order valence-electron chi connectivity index (χ3n) is 5.22. The van der Waals surface area contributed by atoms with Crippen LogP contribution in [0.3, 0.4) is 0 Å². The van der Waals surface area contributed by atoms with Crippen molar-refractivity contribution < 1.29 is 16.8 Å². The third-order valence-corrected chi connectivity index (χ3v) is 8.43. The number of nitrogens with one attached hydrogen (secondary N) is 1. The molecule has 0 aliphatic carbocycles. The van der Waals surface area contributed by atoms with E-state index < -0.39 is 20.0 Å². The van der Waals surface area contributed by atoms with Crippen molar-refractivity contribution in [3.8, 4) is 0 Å². The van der Waals surface area contributed by atoms with E-state index in [9.17, 15) is 16.8 Å². The minimum Gasteiger partial charge on any atom is -0.367 e. The molecule has 8 nitrogen and oxygen atoms in total. The molecule has 0 bridgehead atoms. The van der Waals surface area contributed by atoms with Gasteiger partial charge in [0, 0.05) is 40.3 Å². The minimum absolute atomic E-state index is 0.00538. The lowest BCUT2D eigenvalue weighted by molar-refractivity contribution is 0.271. The molecule has 1 N–H and O–H groups in total. The van der Waals surface area contributed by atoms with E-state index in [0.29, 0.717) is 5.69 Å². The Morgan fingerprint density at radius 1 is 0.867 bits per heavy atom. The van der Waals surface area contributed by atoms with Gasteiger partial charge >= 0.3 is 0 Å². The van der Waals surface area contributed by atoms with Gasteiger partial charge in [-0.1, -0.05) is 19.1 Å². The molecule has 0 amide bonds. The van der Waals surface area contributed by atoms with Crippen molar-refractivity contribution in [1.29, 1.82) is 0 Å². The van der Waals surface area contributed by atoms with Crippen LogP contribution in [0.25, 0.3) is 0 Å². The Balaban J connectivity index is 1.83. The second-order valence-corrected chi connectivity index (χ2v) is 11.1. The monoisotopic (exact) mass is 452 g/mol. The molecule has 1 fully saturated rings. The Bertz CT molecular complexity index is 1080. The van der Waals surface area contributed by atoms with Crippen LogP contribution in [-0.4, -0.2) is 72.9 Å². The van der Waals surface area contributed by atoms with Crippen molar-refractivity contribution in [2.75, 3.05) is 56.4 Å². The number of benzene rings is 2. The maximum absolute atomic E-state index is 12.9. The van der Waals surface area contributed by atoms with Gasteiger partial charge in [-0.3, -0.25) is 4.72 Å². The van der Waals surface area contributed by atoms with Crippen LogP contribution in [-0.2, 0) is 20.0 Å². The van der Waals surface area contributed by atoms with Crippen LogP contribution in [0.15, 0.2) is 58.3 Å². The summed E-state index contributed by atoms with van der Waals surface area (Å²) in [5.74, 6) is 0. The molecule has 2 aromatic carbocycles. The van der Waals surface area contributed by atoms with Crippen LogP contribution < -0.4 is 9.62 Å². The Morgan fingerprint density at radius 3 is 2.00 bits per heavy atom. The lowest BCUT2D eigenvalue weighted by Crippen LogP contribution is -2.46. The smallest absolute Gasteiger partial charge is 0.261 e. The quantitative estimate of drug-likeness (QED) is 0.690. The standard InChI is InChI=1S/C20H28N4O4S2/c1-4-23-13-15-24(16-14-23)20-8-6-5-7-19(20)21-29(25,26)17-9-11-18(12-10-17)30(27,28)22(2)3/h5-12,21H,4,13-16H2,1-3H3. The van der Waals surface area contributed by atoms with Crippen LogP contribution >= 0.6 is 0 Å². The highest BCUT2D eigenvalue weighted by Gasteiger charge is 2.23. The van der Waals surface area contributed by atoms with Gasteiger partial charge in [0.25, 0.3) is 10.0 Å². The highest BCUT2D eigenvalue weighted by Crippen LogP contribution is 2.29. The molecule has 2 aromatic rings. The van der Waals surface area contributed by atoms with E-state index in [4.69, 9.17) is 0 Å². The Hall–Kier alpha value is -2.14. The molecule has 0 unspecified atom stereocenters. The van der Waals surface area contributed by atoms with Crippen LogP contribution in [0.5, 0.6) is 0 Å². The molecular formula is C20H28N4O4S2. The Labute approximate surface area is 179 Å². The van der Waals surface area contributed by atoms with Crippen molar-refractivity contribution in [3.63, 3.8) is 0 Å². The van der Waals surface area contributed by atoms with E-state index in [0.717, 1.165) is 42.7 Å². The molecule has 0 saturated carbocycles. The molecule has 10 heteroatoms. The number of sulfonamides is 2. The summed E-state index contributed by atoms with van der Waals surface area (Å²) in [5.41, 5.74) is 1.34. The van der Waals surface area contributed by atoms with Crippen molar-refractivity contribution in [3.05, 3.63) is 48.5 Å². The van der Waals surface area contributed by atoms with E-state index in [1.165, 1.54) is 38.4 Å². The van der Waals surface area contributed by atoms with Gasteiger partial charge in [0.05, 0.1) is 21.2 Å². The zero-order valence-electron chi connectivity index (χ0n) is 17.4. The number of hydrogen-bond acceptors (Lipinski definition) is 6. The number of para-hydroxylation sites is 2. The van der Waals surface area contributed by atoms with Gasteiger partial charge in [0.1, 0.15) is 0 Å². The summed E-state index contributed by atoms with van der Waals surface area (Å²) in [6.45, 7) is 6.64. The number of hydrogen-bond donors (Lipinski definition) is 1. The largest absolute Gasteiger partial charge is 0.367 e. The van der Waals surface area contributed by atoms with Crippen LogP contribution in [0, 0.1) is 0 Å². The normalized spacial score (nSPS) is 16.1. The summed E-state index contributed by atoms with van der Waals surface area (Å²) < 4.78 is 54.0. The number of likely N-dealkylation sites (N-methyl/N-ethyl adjacent to an activating group) is 1. The van der Waals surface area contributed by atoms with E-state index in [2.05, 4.69) is 21.4 Å². The first-order valence-electron chi connectivity index (χ1n) is 9.77. The molecule has 1 aliphatic heterocycles. The molecule has 1 saturated heterocycles. The van der Waals surface area contributed by atoms with Gasteiger partial charge in [-0.25, -0.2) is 21.1 Å². The molecule has 0 spiro atoms. The third kappa shape index (κ3) is 4.77.